The van der Waals surface area contributed by atoms with Gasteiger partial charge in [-0.3, -0.25) is 4.79 Å². The minimum atomic E-state index is -3.76. The molecule has 0 aliphatic rings. The minimum Gasteiger partial charge on any atom is -0.322 e. The molecule has 20 heavy (non-hydrogen) atoms. The second kappa shape index (κ2) is 5.83. The van der Waals surface area contributed by atoms with Gasteiger partial charge in [0.2, 0.25) is 0 Å². The molecule has 0 atom stereocenters. The van der Waals surface area contributed by atoms with E-state index in [0.717, 1.165) is 0 Å². The molecule has 0 aliphatic carbocycles. The van der Waals surface area contributed by atoms with Gasteiger partial charge in [0.05, 0.1) is 4.90 Å². The lowest BCUT2D eigenvalue weighted by molar-refractivity contribution is 0.102. The van der Waals surface area contributed by atoms with E-state index < -0.39 is 9.05 Å². The highest BCUT2D eigenvalue weighted by molar-refractivity contribution is 8.13. The molecule has 2 aromatic carbocycles. The zero-order valence-electron chi connectivity index (χ0n) is 10.0. The number of hydrogen-bond donors (Lipinski definition) is 1. The van der Waals surface area contributed by atoms with Gasteiger partial charge in [-0.25, -0.2) is 8.42 Å². The van der Waals surface area contributed by atoms with E-state index in [1.807, 2.05) is 0 Å². The fourth-order valence-corrected chi connectivity index (χ4v) is 2.40. The minimum absolute atomic E-state index is 0.0244. The molecule has 0 fully saturated rings. The van der Waals surface area contributed by atoms with Crippen LogP contribution in [0.4, 0.5) is 5.69 Å². The second-order valence-corrected chi connectivity index (χ2v) is 6.93. The van der Waals surface area contributed by atoms with Crippen LogP contribution in [0.25, 0.3) is 0 Å². The van der Waals surface area contributed by atoms with Crippen LogP contribution in [0.3, 0.4) is 0 Å². The summed E-state index contributed by atoms with van der Waals surface area (Å²) in [6.07, 6.45) is 0. The zero-order valence-corrected chi connectivity index (χ0v) is 12.3. The topological polar surface area (TPSA) is 63.2 Å². The molecule has 4 nitrogen and oxygen atoms in total. The molecule has 2 rings (SSSR count). The molecule has 0 aliphatic heterocycles. The molecule has 2 aromatic rings. The Balaban J connectivity index is 2.14. The molecule has 7 heteroatoms. The van der Waals surface area contributed by atoms with E-state index >= 15 is 0 Å². The number of benzene rings is 2. The Morgan fingerprint density at radius 3 is 2.00 bits per heavy atom. The van der Waals surface area contributed by atoms with Gasteiger partial charge in [-0.1, -0.05) is 11.6 Å². The maximum Gasteiger partial charge on any atom is 0.261 e. The Bertz CT molecular complexity index is 725. The van der Waals surface area contributed by atoms with Crippen molar-refractivity contribution in [3.05, 3.63) is 59.1 Å². The van der Waals surface area contributed by atoms with Crippen molar-refractivity contribution in [3.63, 3.8) is 0 Å². The second-order valence-electron chi connectivity index (χ2n) is 3.92. The van der Waals surface area contributed by atoms with Crippen LogP contribution in [0.1, 0.15) is 10.4 Å². The van der Waals surface area contributed by atoms with Crippen LogP contribution in [0, 0.1) is 0 Å². The molecule has 0 saturated carbocycles. The summed E-state index contributed by atoms with van der Waals surface area (Å²) in [5.74, 6) is -0.317. The number of rotatable bonds is 3. The summed E-state index contributed by atoms with van der Waals surface area (Å²) in [6, 6.07) is 12.0. The third-order valence-electron chi connectivity index (χ3n) is 2.50. The monoisotopic (exact) mass is 329 g/mol. The van der Waals surface area contributed by atoms with E-state index in [-0.39, 0.29) is 10.8 Å². The van der Waals surface area contributed by atoms with Crippen molar-refractivity contribution in [2.75, 3.05) is 5.32 Å². The van der Waals surface area contributed by atoms with Gasteiger partial charge >= 0.3 is 0 Å². The number of amides is 1. The molecule has 0 unspecified atom stereocenters. The third kappa shape index (κ3) is 3.72. The molecule has 0 spiro atoms. The fourth-order valence-electron chi connectivity index (χ4n) is 1.51. The standard InChI is InChI=1S/C13H9Cl2NO3S/c14-10-3-1-9(2-4-10)13(17)16-11-5-7-12(8-6-11)20(15,18)19/h1-8H,(H,16,17). The molecule has 0 radical (unpaired) electrons. The summed E-state index contributed by atoms with van der Waals surface area (Å²) in [7, 11) is 1.44. The summed E-state index contributed by atoms with van der Waals surface area (Å²) >= 11 is 5.74. The Morgan fingerprint density at radius 2 is 1.50 bits per heavy atom. The van der Waals surface area contributed by atoms with Gasteiger partial charge in [0.25, 0.3) is 15.0 Å². The summed E-state index contributed by atoms with van der Waals surface area (Å²) < 4.78 is 22.2. The zero-order chi connectivity index (χ0) is 14.8. The molecular formula is C13H9Cl2NO3S. The van der Waals surface area contributed by atoms with Crippen molar-refractivity contribution in [2.24, 2.45) is 0 Å². The first kappa shape index (κ1) is 14.8. The molecule has 0 bridgehead atoms. The van der Waals surface area contributed by atoms with Crippen LogP contribution < -0.4 is 5.32 Å². The van der Waals surface area contributed by atoms with Crippen molar-refractivity contribution in [3.8, 4) is 0 Å². The van der Waals surface area contributed by atoms with Crippen molar-refractivity contribution < 1.29 is 13.2 Å². The van der Waals surface area contributed by atoms with Crippen molar-refractivity contribution in [1.29, 1.82) is 0 Å². The van der Waals surface area contributed by atoms with Crippen LogP contribution in [0.15, 0.2) is 53.4 Å². The average molecular weight is 330 g/mol. The summed E-state index contributed by atoms with van der Waals surface area (Å²) in [4.78, 5) is 11.9. The van der Waals surface area contributed by atoms with Crippen molar-refractivity contribution in [1.82, 2.24) is 0 Å². The maximum atomic E-state index is 11.9. The highest BCUT2D eigenvalue weighted by atomic mass is 35.7. The first-order valence-corrected chi connectivity index (χ1v) is 8.16. The molecule has 1 amide bonds. The summed E-state index contributed by atoms with van der Waals surface area (Å²) in [6.45, 7) is 0. The van der Waals surface area contributed by atoms with Crippen molar-refractivity contribution in [2.45, 2.75) is 4.90 Å². The summed E-state index contributed by atoms with van der Waals surface area (Å²) in [5.41, 5.74) is 0.914. The molecule has 0 aromatic heterocycles. The predicted octanol–water partition coefficient (Wildman–Crippen LogP) is 3.52. The number of carbonyl (C=O) groups excluding carboxylic acids is 1. The first-order chi connectivity index (χ1) is 9.36. The van der Waals surface area contributed by atoms with E-state index in [0.29, 0.717) is 16.3 Å². The summed E-state index contributed by atoms with van der Waals surface area (Å²) in [5, 5.41) is 3.18. The van der Waals surface area contributed by atoms with Gasteiger partial charge in [0.15, 0.2) is 0 Å². The quantitative estimate of drug-likeness (QED) is 0.876. The van der Waals surface area contributed by atoms with Gasteiger partial charge < -0.3 is 5.32 Å². The Labute approximate surface area is 125 Å². The highest BCUT2D eigenvalue weighted by Crippen LogP contribution is 2.18. The molecule has 1 N–H and O–H groups in total. The molecule has 104 valence electrons. The Kier molecular flexibility index (Phi) is 4.32. The van der Waals surface area contributed by atoms with E-state index in [1.54, 1.807) is 24.3 Å². The molecular weight excluding hydrogens is 321 g/mol. The Morgan fingerprint density at radius 1 is 0.950 bits per heavy atom. The molecule has 0 saturated heterocycles. The van der Waals surface area contributed by atoms with Gasteiger partial charge in [0.1, 0.15) is 0 Å². The SMILES string of the molecule is O=C(Nc1ccc(S(=O)(=O)Cl)cc1)c1ccc(Cl)cc1. The number of carbonyl (C=O) groups is 1. The van der Waals surface area contributed by atoms with Crippen molar-refractivity contribution >= 4 is 42.9 Å². The fraction of sp³-hybridized carbons (Fsp3) is 0. The number of nitrogens with one attached hydrogen (secondary N) is 1. The average Bonchev–Trinajstić information content (AvgIpc) is 2.39. The lowest BCUT2D eigenvalue weighted by Gasteiger charge is -2.05. The van der Waals surface area contributed by atoms with Gasteiger partial charge in [-0.2, -0.15) is 0 Å². The van der Waals surface area contributed by atoms with E-state index in [4.69, 9.17) is 22.3 Å². The lowest BCUT2D eigenvalue weighted by Crippen LogP contribution is -2.11. The van der Waals surface area contributed by atoms with Crippen LogP contribution in [-0.4, -0.2) is 14.3 Å². The van der Waals surface area contributed by atoms with Crippen LogP contribution in [-0.2, 0) is 9.05 Å². The van der Waals surface area contributed by atoms with Crippen LogP contribution in [0.5, 0.6) is 0 Å². The van der Waals surface area contributed by atoms with Gasteiger partial charge in [0, 0.05) is 27.0 Å². The predicted molar refractivity (Wildman–Crippen MR) is 78.9 cm³/mol. The lowest BCUT2D eigenvalue weighted by atomic mass is 10.2. The van der Waals surface area contributed by atoms with Crippen LogP contribution >= 0.6 is 22.3 Å². The third-order valence-corrected chi connectivity index (χ3v) is 4.12. The van der Waals surface area contributed by atoms with Gasteiger partial charge in [-0.15, -0.1) is 0 Å². The van der Waals surface area contributed by atoms with E-state index in [9.17, 15) is 13.2 Å². The van der Waals surface area contributed by atoms with Gasteiger partial charge in [-0.05, 0) is 48.5 Å². The number of halogens is 2. The van der Waals surface area contributed by atoms with Crippen LogP contribution in [0.2, 0.25) is 5.02 Å². The van der Waals surface area contributed by atoms with E-state index in [2.05, 4.69) is 5.32 Å². The maximum absolute atomic E-state index is 11.9. The normalized spacial score (nSPS) is 11.1. The number of hydrogen-bond acceptors (Lipinski definition) is 3. The smallest absolute Gasteiger partial charge is 0.261 e. The largest absolute Gasteiger partial charge is 0.322 e. The van der Waals surface area contributed by atoms with E-state index in [1.165, 1.54) is 24.3 Å². The number of anilines is 1. The molecule has 0 heterocycles. The first-order valence-electron chi connectivity index (χ1n) is 5.48. The highest BCUT2D eigenvalue weighted by Gasteiger charge is 2.10. The Hall–Kier alpha value is -1.56.